The van der Waals surface area contributed by atoms with Gasteiger partial charge in [0.25, 0.3) is 0 Å². The molecule has 6 nitrogen and oxygen atoms in total. The van der Waals surface area contributed by atoms with Crippen LogP contribution < -0.4 is 0 Å². The van der Waals surface area contributed by atoms with Crippen LogP contribution in [0.4, 0.5) is 0 Å². The lowest BCUT2D eigenvalue weighted by molar-refractivity contribution is -0.138. The minimum atomic E-state index is -0.892. The molecule has 0 unspecified atom stereocenters. The van der Waals surface area contributed by atoms with E-state index in [1.807, 2.05) is 0 Å². The van der Waals surface area contributed by atoms with Crippen LogP contribution in [0.5, 0.6) is 0 Å². The number of rotatable bonds is 7. The maximum Gasteiger partial charge on any atom is 0.317 e. The van der Waals surface area contributed by atoms with E-state index >= 15 is 0 Å². The van der Waals surface area contributed by atoms with Gasteiger partial charge >= 0.3 is 5.97 Å². The molecule has 2 rings (SSSR count). The summed E-state index contributed by atoms with van der Waals surface area (Å²) in [5.74, 6) is 0.220. The van der Waals surface area contributed by atoms with E-state index in [0.29, 0.717) is 30.3 Å². The van der Waals surface area contributed by atoms with E-state index in [9.17, 15) is 4.79 Å². The first kappa shape index (κ1) is 13.1. The molecule has 0 saturated carbocycles. The standard InChI is InChI=1S/C13H14N2O4/c1-2-5-15(9-13(16)17)8-10-7-12(19-14-10)11-4-3-6-18-11/h2-4,6-7H,1,5,8-9H2,(H,16,17). The van der Waals surface area contributed by atoms with E-state index in [-0.39, 0.29) is 6.54 Å². The van der Waals surface area contributed by atoms with E-state index in [4.69, 9.17) is 14.0 Å². The van der Waals surface area contributed by atoms with Crippen molar-refractivity contribution in [1.29, 1.82) is 0 Å². The molecular formula is C13H14N2O4. The number of furan rings is 1. The molecule has 0 aliphatic carbocycles. The number of hydrogen-bond donors (Lipinski definition) is 1. The normalized spacial score (nSPS) is 10.8. The summed E-state index contributed by atoms with van der Waals surface area (Å²) >= 11 is 0. The third-order valence-electron chi connectivity index (χ3n) is 2.45. The van der Waals surface area contributed by atoms with Crippen LogP contribution in [-0.2, 0) is 11.3 Å². The Kier molecular flexibility index (Phi) is 4.15. The minimum Gasteiger partial charge on any atom is -0.480 e. The molecule has 0 aliphatic rings. The van der Waals surface area contributed by atoms with Gasteiger partial charge in [-0.3, -0.25) is 9.69 Å². The van der Waals surface area contributed by atoms with Crippen LogP contribution in [0.15, 0.2) is 46.1 Å². The number of hydrogen-bond acceptors (Lipinski definition) is 5. The Morgan fingerprint density at radius 1 is 1.53 bits per heavy atom. The Labute approximate surface area is 109 Å². The van der Waals surface area contributed by atoms with Gasteiger partial charge in [-0.05, 0) is 12.1 Å². The molecule has 0 radical (unpaired) electrons. The van der Waals surface area contributed by atoms with Crippen LogP contribution in [0.1, 0.15) is 5.69 Å². The van der Waals surface area contributed by atoms with Crippen molar-refractivity contribution in [3.63, 3.8) is 0 Å². The molecular weight excluding hydrogens is 248 g/mol. The molecule has 0 bridgehead atoms. The average molecular weight is 262 g/mol. The number of aromatic nitrogens is 1. The first-order chi connectivity index (χ1) is 9.19. The van der Waals surface area contributed by atoms with Crippen LogP contribution in [0.25, 0.3) is 11.5 Å². The molecule has 0 aromatic carbocycles. The molecule has 0 amide bonds. The van der Waals surface area contributed by atoms with Crippen LogP contribution in [0, 0.1) is 0 Å². The zero-order valence-electron chi connectivity index (χ0n) is 10.3. The molecule has 0 spiro atoms. The maximum atomic E-state index is 10.7. The molecule has 0 saturated heterocycles. The summed E-state index contributed by atoms with van der Waals surface area (Å²) in [6, 6.07) is 5.26. The first-order valence-corrected chi connectivity index (χ1v) is 5.73. The molecule has 2 heterocycles. The van der Waals surface area contributed by atoms with Crippen molar-refractivity contribution < 1.29 is 18.8 Å². The summed E-state index contributed by atoms with van der Waals surface area (Å²) in [7, 11) is 0. The van der Waals surface area contributed by atoms with Crippen molar-refractivity contribution >= 4 is 5.97 Å². The Bertz CT molecular complexity index is 545. The average Bonchev–Trinajstić information content (AvgIpc) is 2.97. The van der Waals surface area contributed by atoms with E-state index in [0.717, 1.165) is 0 Å². The first-order valence-electron chi connectivity index (χ1n) is 5.73. The van der Waals surface area contributed by atoms with E-state index < -0.39 is 5.97 Å². The zero-order chi connectivity index (χ0) is 13.7. The minimum absolute atomic E-state index is 0.0744. The molecule has 0 fully saturated rings. The Morgan fingerprint density at radius 3 is 3.00 bits per heavy atom. The third-order valence-corrected chi connectivity index (χ3v) is 2.45. The highest BCUT2D eigenvalue weighted by atomic mass is 16.5. The summed E-state index contributed by atoms with van der Waals surface area (Å²) in [6.07, 6.45) is 3.20. The van der Waals surface area contributed by atoms with Crippen LogP contribution >= 0.6 is 0 Å². The number of carbonyl (C=O) groups is 1. The van der Waals surface area contributed by atoms with E-state index in [1.165, 1.54) is 0 Å². The summed E-state index contributed by atoms with van der Waals surface area (Å²) < 4.78 is 10.3. The molecule has 2 aromatic heterocycles. The third kappa shape index (κ3) is 3.56. The highest BCUT2D eigenvalue weighted by Crippen LogP contribution is 2.21. The summed E-state index contributed by atoms with van der Waals surface area (Å²) in [5, 5.41) is 12.7. The van der Waals surface area contributed by atoms with Gasteiger partial charge in [-0.1, -0.05) is 11.2 Å². The van der Waals surface area contributed by atoms with Crippen molar-refractivity contribution in [3.05, 3.63) is 42.8 Å². The lowest BCUT2D eigenvalue weighted by atomic mass is 10.3. The predicted octanol–water partition coefficient (Wildman–Crippen LogP) is 2.01. The van der Waals surface area contributed by atoms with Crippen LogP contribution in [0.2, 0.25) is 0 Å². The van der Waals surface area contributed by atoms with Gasteiger partial charge in [0.2, 0.25) is 5.76 Å². The lowest BCUT2D eigenvalue weighted by Gasteiger charge is -2.15. The van der Waals surface area contributed by atoms with Gasteiger partial charge in [0.1, 0.15) is 0 Å². The fourth-order valence-electron chi connectivity index (χ4n) is 1.71. The van der Waals surface area contributed by atoms with E-state index in [2.05, 4.69) is 11.7 Å². The fraction of sp³-hybridized carbons (Fsp3) is 0.231. The quantitative estimate of drug-likeness (QED) is 0.769. The smallest absolute Gasteiger partial charge is 0.317 e. The van der Waals surface area contributed by atoms with Gasteiger partial charge in [0, 0.05) is 19.2 Å². The predicted molar refractivity (Wildman–Crippen MR) is 67.3 cm³/mol. The van der Waals surface area contributed by atoms with Crippen molar-refractivity contribution in [2.24, 2.45) is 0 Å². The topological polar surface area (TPSA) is 79.7 Å². The van der Waals surface area contributed by atoms with Crippen LogP contribution in [-0.4, -0.2) is 34.2 Å². The number of carboxylic acids is 1. The maximum absolute atomic E-state index is 10.7. The van der Waals surface area contributed by atoms with Gasteiger partial charge in [0.05, 0.1) is 18.5 Å². The van der Waals surface area contributed by atoms with Gasteiger partial charge in [-0.15, -0.1) is 6.58 Å². The largest absolute Gasteiger partial charge is 0.480 e. The molecule has 6 heteroatoms. The van der Waals surface area contributed by atoms with Gasteiger partial charge in [-0.25, -0.2) is 0 Å². The second kappa shape index (κ2) is 6.01. The van der Waals surface area contributed by atoms with Gasteiger partial charge < -0.3 is 14.0 Å². The number of carboxylic acid groups (broad SMARTS) is 1. The van der Waals surface area contributed by atoms with Crippen molar-refractivity contribution in [2.45, 2.75) is 6.54 Å². The molecule has 0 atom stereocenters. The zero-order valence-corrected chi connectivity index (χ0v) is 10.3. The molecule has 2 aromatic rings. The molecule has 0 aliphatic heterocycles. The summed E-state index contributed by atoms with van der Waals surface area (Å²) in [5.41, 5.74) is 0.648. The van der Waals surface area contributed by atoms with Gasteiger partial charge in [0.15, 0.2) is 5.76 Å². The number of nitrogens with zero attached hydrogens (tertiary/aromatic N) is 2. The fourth-order valence-corrected chi connectivity index (χ4v) is 1.71. The number of aliphatic carboxylic acids is 1. The Balaban J connectivity index is 2.05. The Hall–Kier alpha value is -2.34. The van der Waals surface area contributed by atoms with Crippen molar-refractivity contribution in [3.8, 4) is 11.5 Å². The molecule has 100 valence electrons. The second-order valence-electron chi connectivity index (χ2n) is 4.01. The van der Waals surface area contributed by atoms with Crippen molar-refractivity contribution in [1.82, 2.24) is 10.1 Å². The van der Waals surface area contributed by atoms with Gasteiger partial charge in [-0.2, -0.15) is 0 Å². The second-order valence-corrected chi connectivity index (χ2v) is 4.01. The highest BCUT2D eigenvalue weighted by molar-refractivity contribution is 5.69. The molecule has 19 heavy (non-hydrogen) atoms. The van der Waals surface area contributed by atoms with Crippen molar-refractivity contribution in [2.75, 3.05) is 13.1 Å². The summed E-state index contributed by atoms with van der Waals surface area (Å²) in [6.45, 7) is 4.37. The van der Waals surface area contributed by atoms with Crippen LogP contribution in [0.3, 0.4) is 0 Å². The highest BCUT2D eigenvalue weighted by Gasteiger charge is 2.13. The Morgan fingerprint density at radius 2 is 2.37 bits per heavy atom. The molecule has 1 N–H and O–H groups in total. The van der Waals surface area contributed by atoms with E-state index in [1.54, 1.807) is 35.4 Å². The lowest BCUT2D eigenvalue weighted by Crippen LogP contribution is -2.29. The SMILES string of the molecule is C=CCN(CC(=O)O)Cc1cc(-c2ccco2)on1. The monoisotopic (exact) mass is 262 g/mol. The summed E-state index contributed by atoms with van der Waals surface area (Å²) in [4.78, 5) is 12.4.